The van der Waals surface area contributed by atoms with Crippen LogP contribution in [-0.4, -0.2) is 35.9 Å². The number of carboxylic acid groups (broad SMARTS) is 1. The van der Waals surface area contributed by atoms with Crippen molar-refractivity contribution in [3.05, 3.63) is 60.2 Å². The normalized spacial score (nSPS) is 22.8. The first-order chi connectivity index (χ1) is 11.4. The molecule has 0 radical (unpaired) electrons. The van der Waals surface area contributed by atoms with Gasteiger partial charge in [0.1, 0.15) is 18.4 Å². The van der Waals surface area contributed by atoms with Crippen molar-refractivity contribution in [3.63, 3.8) is 0 Å². The molecule has 1 aliphatic rings. The van der Waals surface area contributed by atoms with Crippen LogP contribution in [0.2, 0.25) is 0 Å². The second kappa shape index (κ2) is 6.26. The van der Waals surface area contributed by atoms with Crippen molar-refractivity contribution in [2.45, 2.75) is 30.5 Å². The first kappa shape index (κ1) is 16.5. The highest BCUT2D eigenvalue weighted by molar-refractivity contribution is 7.89. The Bertz CT molecular complexity index is 833. The van der Waals surface area contributed by atoms with E-state index in [1.54, 1.807) is 19.1 Å². The third-order valence-electron chi connectivity index (χ3n) is 3.94. The molecule has 3 unspecified atom stereocenters. The SMILES string of the molecule is CC1C(C(=O)O)N1S(=O)(=O)c1ccc(OCc2ccccc2)cc1. The Morgan fingerprint density at radius 2 is 1.75 bits per heavy atom. The Labute approximate surface area is 140 Å². The van der Waals surface area contributed by atoms with E-state index in [4.69, 9.17) is 9.84 Å². The maximum atomic E-state index is 12.4. The minimum atomic E-state index is -3.80. The molecule has 7 heteroatoms. The summed E-state index contributed by atoms with van der Waals surface area (Å²) in [5.41, 5.74) is 1.01. The summed E-state index contributed by atoms with van der Waals surface area (Å²) in [5, 5.41) is 9.00. The van der Waals surface area contributed by atoms with Gasteiger partial charge in [-0.1, -0.05) is 30.3 Å². The number of hydrogen-bond acceptors (Lipinski definition) is 4. The van der Waals surface area contributed by atoms with Crippen LogP contribution in [0.3, 0.4) is 0 Å². The van der Waals surface area contributed by atoms with Crippen molar-refractivity contribution in [2.24, 2.45) is 0 Å². The minimum absolute atomic E-state index is 0.0603. The van der Waals surface area contributed by atoms with Gasteiger partial charge >= 0.3 is 5.97 Å². The number of ether oxygens (including phenoxy) is 1. The molecular weight excluding hydrogens is 330 g/mol. The van der Waals surface area contributed by atoms with Crippen LogP contribution < -0.4 is 4.74 Å². The van der Waals surface area contributed by atoms with Gasteiger partial charge in [-0.2, -0.15) is 4.31 Å². The van der Waals surface area contributed by atoms with Gasteiger partial charge < -0.3 is 9.84 Å². The molecule has 1 saturated heterocycles. The lowest BCUT2D eigenvalue weighted by atomic mass is 10.2. The summed E-state index contributed by atoms with van der Waals surface area (Å²) in [4.78, 5) is 11.1. The molecule has 0 aliphatic carbocycles. The molecule has 3 atom stereocenters. The van der Waals surface area contributed by atoms with Crippen LogP contribution in [0.5, 0.6) is 5.75 Å². The number of rotatable bonds is 6. The van der Waals surface area contributed by atoms with Crippen molar-refractivity contribution in [3.8, 4) is 5.75 Å². The van der Waals surface area contributed by atoms with E-state index < -0.39 is 28.1 Å². The van der Waals surface area contributed by atoms with Crippen molar-refractivity contribution < 1.29 is 23.1 Å². The maximum absolute atomic E-state index is 12.4. The quantitative estimate of drug-likeness (QED) is 0.809. The number of nitrogens with zero attached hydrogens (tertiary/aromatic N) is 1. The van der Waals surface area contributed by atoms with Crippen molar-refractivity contribution in [2.75, 3.05) is 0 Å². The average Bonchev–Trinajstić information content (AvgIpc) is 3.27. The van der Waals surface area contributed by atoms with Gasteiger partial charge in [0, 0.05) is 0 Å². The third-order valence-corrected chi connectivity index (χ3v) is 5.93. The predicted octanol–water partition coefficient (Wildman–Crippen LogP) is 2.11. The molecule has 6 nitrogen and oxygen atoms in total. The summed E-state index contributed by atoms with van der Waals surface area (Å²) in [5.74, 6) is -0.583. The Kier molecular flexibility index (Phi) is 4.29. The maximum Gasteiger partial charge on any atom is 0.323 e. The Hall–Kier alpha value is -2.38. The average molecular weight is 347 g/mol. The van der Waals surface area contributed by atoms with Crippen LogP contribution in [0.25, 0.3) is 0 Å². The molecule has 126 valence electrons. The Morgan fingerprint density at radius 1 is 1.12 bits per heavy atom. The minimum Gasteiger partial charge on any atom is -0.489 e. The topological polar surface area (TPSA) is 83.7 Å². The lowest BCUT2D eigenvalue weighted by Gasteiger charge is -2.09. The van der Waals surface area contributed by atoms with Gasteiger partial charge in [0.2, 0.25) is 10.0 Å². The summed E-state index contributed by atoms with van der Waals surface area (Å²) in [6.45, 7) is 1.96. The lowest BCUT2D eigenvalue weighted by Crippen LogP contribution is -2.19. The highest BCUT2D eigenvalue weighted by Gasteiger charge is 2.57. The number of aliphatic carboxylic acids is 1. The van der Waals surface area contributed by atoms with E-state index in [2.05, 4.69) is 0 Å². The summed E-state index contributed by atoms with van der Waals surface area (Å²) in [6, 6.07) is 14.1. The summed E-state index contributed by atoms with van der Waals surface area (Å²) < 4.78 is 31.5. The van der Waals surface area contributed by atoms with Gasteiger partial charge in [-0.25, -0.2) is 8.42 Å². The number of carboxylic acids is 1. The van der Waals surface area contributed by atoms with E-state index in [9.17, 15) is 13.2 Å². The molecule has 0 amide bonds. The first-order valence-electron chi connectivity index (χ1n) is 7.44. The molecule has 0 aromatic heterocycles. The predicted molar refractivity (Wildman–Crippen MR) is 87.1 cm³/mol. The number of sulfonamides is 1. The van der Waals surface area contributed by atoms with Gasteiger partial charge in [-0.15, -0.1) is 0 Å². The second-order valence-electron chi connectivity index (χ2n) is 5.60. The van der Waals surface area contributed by atoms with Gasteiger partial charge in [-0.3, -0.25) is 4.79 Å². The zero-order valence-corrected chi connectivity index (χ0v) is 13.8. The van der Waals surface area contributed by atoms with Gasteiger partial charge in [0.05, 0.1) is 10.9 Å². The zero-order chi connectivity index (χ0) is 17.3. The largest absolute Gasteiger partial charge is 0.489 e. The second-order valence-corrected chi connectivity index (χ2v) is 7.45. The van der Waals surface area contributed by atoms with E-state index in [1.807, 2.05) is 30.3 Å². The molecular formula is C17H17NO5S. The van der Waals surface area contributed by atoms with Gasteiger partial charge in [-0.05, 0) is 36.8 Å². The molecule has 3 rings (SSSR count). The fraction of sp³-hybridized carbons (Fsp3) is 0.235. The molecule has 0 bridgehead atoms. The van der Waals surface area contributed by atoms with E-state index in [0.29, 0.717) is 12.4 Å². The standard InChI is InChI=1S/C17H17NO5S/c1-12-16(17(19)20)18(12)24(21,22)15-9-7-14(8-10-15)23-11-13-5-3-2-4-6-13/h2-10,12,16H,11H2,1H3,(H,19,20). The van der Waals surface area contributed by atoms with E-state index >= 15 is 0 Å². The highest BCUT2D eigenvalue weighted by atomic mass is 32.2. The fourth-order valence-electron chi connectivity index (χ4n) is 2.58. The van der Waals surface area contributed by atoms with Crippen LogP contribution in [0, 0.1) is 0 Å². The molecule has 2 aromatic carbocycles. The van der Waals surface area contributed by atoms with Gasteiger partial charge in [0.25, 0.3) is 0 Å². The molecule has 1 fully saturated rings. The molecule has 1 N–H and O–H groups in total. The molecule has 1 heterocycles. The number of carbonyl (C=O) groups is 1. The van der Waals surface area contributed by atoms with Crippen LogP contribution in [0.4, 0.5) is 0 Å². The van der Waals surface area contributed by atoms with Crippen molar-refractivity contribution in [1.82, 2.24) is 4.31 Å². The van der Waals surface area contributed by atoms with E-state index in [1.165, 1.54) is 12.1 Å². The Balaban J connectivity index is 1.69. The van der Waals surface area contributed by atoms with Crippen LogP contribution in [0.1, 0.15) is 12.5 Å². The molecule has 0 saturated carbocycles. The molecule has 2 aromatic rings. The summed E-state index contributed by atoms with van der Waals surface area (Å²) in [6.07, 6.45) is 0. The first-order valence-corrected chi connectivity index (χ1v) is 8.88. The van der Waals surface area contributed by atoms with Crippen molar-refractivity contribution >= 4 is 16.0 Å². The van der Waals surface area contributed by atoms with Crippen LogP contribution in [-0.2, 0) is 21.4 Å². The third kappa shape index (κ3) is 3.13. The van der Waals surface area contributed by atoms with E-state index in [-0.39, 0.29) is 4.90 Å². The number of hydrogen-bond donors (Lipinski definition) is 1. The van der Waals surface area contributed by atoms with Crippen LogP contribution >= 0.6 is 0 Å². The van der Waals surface area contributed by atoms with Gasteiger partial charge in [0.15, 0.2) is 0 Å². The highest BCUT2D eigenvalue weighted by Crippen LogP contribution is 2.36. The molecule has 0 spiro atoms. The monoisotopic (exact) mass is 347 g/mol. The molecule has 24 heavy (non-hydrogen) atoms. The number of benzene rings is 2. The Morgan fingerprint density at radius 3 is 2.29 bits per heavy atom. The lowest BCUT2D eigenvalue weighted by molar-refractivity contribution is -0.136. The smallest absolute Gasteiger partial charge is 0.323 e. The fourth-order valence-corrected chi connectivity index (χ4v) is 4.36. The van der Waals surface area contributed by atoms with Crippen LogP contribution in [0.15, 0.2) is 59.5 Å². The molecule has 1 aliphatic heterocycles. The summed E-state index contributed by atoms with van der Waals surface area (Å²) in [7, 11) is -3.80. The summed E-state index contributed by atoms with van der Waals surface area (Å²) >= 11 is 0. The van der Waals surface area contributed by atoms with Crippen molar-refractivity contribution in [1.29, 1.82) is 0 Å². The zero-order valence-electron chi connectivity index (χ0n) is 13.0. The van der Waals surface area contributed by atoms with E-state index in [0.717, 1.165) is 9.87 Å².